The summed E-state index contributed by atoms with van der Waals surface area (Å²) in [6.07, 6.45) is 1.66. The van der Waals surface area contributed by atoms with Gasteiger partial charge in [-0.15, -0.1) is 0 Å². The zero-order valence-corrected chi connectivity index (χ0v) is 16.6. The Balaban J connectivity index is 2.39. The van der Waals surface area contributed by atoms with Crippen molar-refractivity contribution in [3.05, 3.63) is 64.3 Å². The third kappa shape index (κ3) is 3.33. The predicted molar refractivity (Wildman–Crippen MR) is 108 cm³/mol. The summed E-state index contributed by atoms with van der Waals surface area (Å²) >= 11 is 0. The maximum Gasteiger partial charge on any atom is 0.220 e. The molecule has 2 aromatic carbocycles. The van der Waals surface area contributed by atoms with E-state index in [0.717, 1.165) is 17.7 Å². The number of fused-ring (bicyclic) bond motifs is 1. The summed E-state index contributed by atoms with van der Waals surface area (Å²) < 4.78 is 10.7. The Kier molecular flexibility index (Phi) is 4.33. The highest BCUT2D eigenvalue weighted by Crippen LogP contribution is 2.32. The molecule has 3 aromatic rings. The average molecular weight is 334 g/mol. The van der Waals surface area contributed by atoms with Gasteiger partial charge >= 0.3 is 0 Å². The van der Waals surface area contributed by atoms with E-state index in [-0.39, 0.29) is 0 Å². The molecule has 1 nitrogen and oxygen atoms in total. The summed E-state index contributed by atoms with van der Waals surface area (Å²) in [5.74, 6) is 0.629. The SMILES string of the molecule is [2H]c1c(C)c2cc(CC(C)C)ccc2c(-c2cc(C)cc(C)c2C)[n+]1C. The van der Waals surface area contributed by atoms with E-state index in [1.165, 1.54) is 38.6 Å². The zero-order chi connectivity index (χ0) is 19.2. The van der Waals surface area contributed by atoms with Crippen LogP contribution in [-0.4, -0.2) is 0 Å². The first kappa shape index (κ1) is 16.3. The summed E-state index contributed by atoms with van der Waals surface area (Å²) in [6.45, 7) is 13.1. The molecule has 0 aliphatic heterocycles. The number of aryl methyl sites for hydroxylation is 3. The van der Waals surface area contributed by atoms with E-state index < -0.39 is 0 Å². The molecule has 0 radical (unpaired) electrons. The molecule has 0 spiro atoms. The molecule has 1 aromatic heterocycles. The molecule has 3 rings (SSSR count). The van der Waals surface area contributed by atoms with E-state index in [9.17, 15) is 0 Å². The standard InChI is InChI=1S/C24H30N/c1-15(2)10-20-8-9-21-22(13-20)18(5)14-25(7)24(21)23-12-16(3)11-17(4)19(23)6/h8-9,11-15H,10H2,1-7H3/q+1/i14D. The zero-order valence-electron chi connectivity index (χ0n) is 17.6. The van der Waals surface area contributed by atoms with Gasteiger partial charge in [0.15, 0.2) is 6.17 Å². The lowest BCUT2D eigenvalue weighted by Gasteiger charge is -2.14. The minimum atomic E-state index is 0.591. The third-order valence-corrected chi connectivity index (χ3v) is 5.12. The predicted octanol–water partition coefficient (Wildman–Crippen LogP) is 5.76. The van der Waals surface area contributed by atoms with E-state index >= 15 is 0 Å². The molecule has 0 aliphatic rings. The highest BCUT2D eigenvalue weighted by atomic mass is 14.9. The van der Waals surface area contributed by atoms with Crippen molar-refractivity contribution in [1.82, 2.24) is 0 Å². The Bertz CT molecular complexity index is 999. The Morgan fingerprint density at radius 2 is 1.68 bits per heavy atom. The van der Waals surface area contributed by atoms with Crippen LogP contribution in [0.15, 0.2) is 36.5 Å². The van der Waals surface area contributed by atoms with Crippen LogP contribution in [-0.2, 0) is 13.5 Å². The van der Waals surface area contributed by atoms with Gasteiger partial charge in [-0.2, -0.15) is 0 Å². The summed E-state index contributed by atoms with van der Waals surface area (Å²) in [6, 6.07) is 11.3. The van der Waals surface area contributed by atoms with Gasteiger partial charge in [0.1, 0.15) is 8.42 Å². The van der Waals surface area contributed by atoms with Gasteiger partial charge in [-0.1, -0.05) is 37.6 Å². The number of pyridine rings is 1. The van der Waals surface area contributed by atoms with Crippen LogP contribution in [0.2, 0.25) is 0 Å². The lowest BCUT2D eigenvalue weighted by molar-refractivity contribution is -0.659. The number of hydrogen-bond acceptors (Lipinski definition) is 0. The fourth-order valence-corrected chi connectivity index (χ4v) is 3.87. The number of nitrogens with zero attached hydrogens (tertiary/aromatic N) is 1. The summed E-state index contributed by atoms with van der Waals surface area (Å²) in [7, 11) is 2.02. The van der Waals surface area contributed by atoms with Crippen LogP contribution in [0.5, 0.6) is 0 Å². The van der Waals surface area contributed by atoms with Crippen molar-refractivity contribution >= 4 is 10.8 Å². The molecule has 0 saturated heterocycles. The van der Waals surface area contributed by atoms with Crippen molar-refractivity contribution in [2.45, 2.75) is 48.0 Å². The molecular formula is C24H30N+. The Labute approximate surface area is 153 Å². The Hall–Kier alpha value is -2.15. The molecule has 0 aliphatic carbocycles. The molecule has 0 bridgehead atoms. The van der Waals surface area contributed by atoms with Crippen molar-refractivity contribution in [2.24, 2.45) is 13.0 Å². The van der Waals surface area contributed by atoms with Gasteiger partial charge in [-0.3, -0.25) is 0 Å². The first-order chi connectivity index (χ1) is 12.2. The van der Waals surface area contributed by atoms with Gasteiger partial charge in [0.25, 0.3) is 0 Å². The lowest BCUT2D eigenvalue weighted by Crippen LogP contribution is -2.31. The third-order valence-electron chi connectivity index (χ3n) is 5.12. The van der Waals surface area contributed by atoms with E-state index in [1.807, 2.05) is 11.6 Å². The number of hydrogen-bond donors (Lipinski definition) is 0. The minimum Gasteiger partial charge on any atom is -0.200 e. The number of benzene rings is 2. The van der Waals surface area contributed by atoms with Crippen molar-refractivity contribution < 1.29 is 5.94 Å². The maximum atomic E-state index is 8.67. The summed E-state index contributed by atoms with van der Waals surface area (Å²) in [4.78, 5) is 0. The van der Waals surface area contributed by atoms with E-state index in [1.54, 1.807) is 0 Å². The summed E-state index contributed by atoms with van der Waals surface area (Å²) in [5.41, 5.74) is 8.65. The second-order valence-electron chi connectivity index (χ2n) is 7.88. The summed E-state index contributed by atoms with van der Waals surface area (Å²) in [5, 5.41) is 2.45. The van der Waals surface area contributed by atoms with Gasteiger partial charge in [0.05, 0.1) is 10.9 Å². The van der Waals surface area contributed by atoms with Crippen molar-refractivity contribution in [3.8, 4) is 11.3 Å². The molecule has 0 unspecified atom stereocenters. The van der Waals surface area contributed by atoms with Crippen molar-refractivity contribution in [2.75, 3.05) is 0 Å². The highest BCUT2D eigenvalue weighted by molar-refractivity contribution is 5.96. The fourth-order valence-electron chi connectivity index (χ4n) is 3.87. The van der Waals surface area contributed by atoms with Crippen LogP contribution < -0.4 is 4.57 Å². The molecule has 0 saturated carbocycles. The molecule has 130 valence electrons. The lowest BCUT2D eigenvalue weighted by atomic mass is 9.92. The van der Waals surface area contributed by atoms with Crippen LogP contribution in [0, 0.1) is 33.6 Å². The van der Waals surface area contributed by atoms with Gasteiger partial charge in [0, 0.05) is 5.56 Å². The Morgan fingerprint density at radius 1 is 0.960 bits per heavy atom. The quantitative estimate of drug-likeness (QED) is 0.536. The first-order valence-corrected chi connectivity index (χ1v) is 9.20. The highest BCUT2D eigenvalue weighted by Gasteiger charge is 2.20. The van der Waals surface area contributed by atoms with Crippen molar-refractivity contribution in [1.29, 1.82) is 0 Å². The molecule has 0 fully saturated rings. The molecule has 0 N–H and O–H groups in total. The van der Waals surface area contributed by atoms with E-state index in [2.05, 4.69) is 71.9 Å². The molecule has 1 heteroatoms. The average Bonchev–Trinajstić information content (AvgIpc) is 2.57. The Morgan fingerprint density at radius 3 is 2.36 bits per heavy atom. The van der Waals surface area contributed by atoms with Crippen LogP contribution in [0.1, 0.15) is 43.0 Å². The van der Waals surface area contributed by atoms with Crippen molar-refractivity contribution in [3.63, 3.8) is 0 Å². The van der Waals surface area contributed by atoms with Crippen LogP contribution in [0.25, 0.3) is 22.0 Å². The van der Waals surface area contributed by atoms with Gasteiger partial charge in [0.2, 0.25) is 5.69 Å². The number of aromatic nitrogens is 1. The monoisotopic (exact) mass is 333 g/mol. The van der Waals surface area contributed by atoms with E-state index in [4.69, 9.17) is 1.37 Å². The normalized spacial score (nSPS) is 12.1. The minimum absolute atomic E-state index is 0.591. The molecule has 0 amide bonds. The molecule has 1 heterocycles. The fraction of sp³-hybridized carbons (Fsp3) is 0.375. The number of rotatable bonds is 3. The van der Waals surface area contributed by atoms with Crippen LogP contribution in [0.4, 0.5) is 0 Å². The second kappa shape index (κ2) is 6.63. The van der Waals surface area contributed by atoms with Gasteiger partial charge in [-0.05, 0) is 74.2 Å². The smallest absolute Gasteiger partial charge is 0.200 e. The molecule has 0 atom stereocenters. The molecular weight excluding hydrogens is 302 g/mol. The topological polar surface area (TPSA) is 3.88 Å². The van der Waals surface area contributed by atoms with Crippen LogP contribution in [0.3, 0.4) is 0 Å². The van der Waals surface area contributed by atoms with Gasteiger partial charge < -0.3 is 0 Å². The second-order valence-corrected chi connectivity index (χ2v) is 7.88. The van der Waals surface area contributed by atoms with Crippen LogP contribution >= 0.6 is 0 Å². The van der Waals surface area contributed by atoms with E-state index in [0.29, 0.717) is 12.1 Å². The largest absolute Gasteiger partial charge is 0.220 e. The first-order valence-electron chi connectivity index (χ1n) is 9.70. The maximum absolute atomic E-state index is 8.67. The van der Waals surface area contributed by atoms with Gasteiger partial charge in [-0.25, -0.2) is 4.57 Å². The molecule has 25 heavy (non-hydrogen) atoms.